The zero-order chi connectivity index (χ0) is 18.5. The van der Waals surface area contributed by atoms with Gasteiger partial charge in [-0.3, -0.25) is 14.7 Å². The summed E-state index contributed by atoms with van der Waals surface area (Å²) >= 11 is 9.83. The Morgan fingerprint density at radius 3 is 2.77 bits per heavy atom. The summed E-state index contributed by atoms with van der Waals surface area (Å²) in [5, 5.41) is 3.58. The van der Waals surface area contributed by atoms with Gasteiger partial charge in [-0.25, -0.2) is 0 Å². The minimum absolute atomic E-state index is 0.264. The molecule has 5 nitrogen and oxygen atoms in total. The fraction of sp³-hybridized carbons (Fsp3) is 0.263. The highest BCUT2D eigenvalue weighted by molar-refractivity contribution is 9.10. The van der Waals surface area contributed by atoms with Gasteiger partial charge in [0.25, 0.3) is 5.91 Å². The lowest BCUT2D eigenvalue weighted by atomic mass is 10.2. The number of pyridine rings is 1. The van der Waals surface area contributed by atoms with Crippen LogP contribution < -0.4 is 10.2 Å². The first-order valence-corrected chi connectivity index (χ1v) is 9.55. The predicted molar refractivity (Wildman–Crippen MR) is 110 cm³/mol. The fourth-order valence-corrected chi connectivity index (χ4v) is 3.62. The van der Waals surface area contributed by atoms with Gasteiger partial charge in [0.1, 0.15) is 5.69 Å². The number of aromatic nitrogens is 1. The molecule has 0 saturated carbocycles. The highest BCUT2D eigenvalue weighted by atomic mass is 79.9. The Balaban J connectivity index is 1.80. The number of benzene rings is 1. The van der Waals surface area contributed by atoms with Gasteiger partial charge in [0, 0.05) is 43.4 Å². The van der Waals surface area contributed by atoms with E-state index in [9.17, 15) is 4.79 Å². The summed E-state index contributed by atoms with van der Waals surface area (Å²) in [5.74, 6) is -0.264. The summed E-state index contributed by atoms with van der Waals surface area (Å²) < 4.78 is 0.808. The van der Waals surface area contributed by atoms with Crippen molar-refractivity contribution in [2.75, 3.05) is 42.9 Å². The summed E-state index contributed by atoms with van der Waals surface area (Å²) in [7, 11) is 0. The van der Waals surface area contributed by atoms with Crippen LogP contribution in [0.3, 0.4) is 0 Å². The van der Waals surface area contributed by atoms with Crippen LogP contribution in [-0.4, -0.2) is 48.5 Å². The second kappa shape index (κ2) is 8.66. The van der Waals surface area contributed by atoms with E-state index in [0.717, 1.165) is 42.9 Å². The number of piperazine rings is 1. The molecule has 1 aliphatic heterocycles. The topological polar surface area (TPSA) is 48.5 Å². The molecule has 1 amide bonds. The van der Waals surface area contributed by atoms with Gasteiger partial charge in [-0.15, -0.1) is 6.58 Å². The molecule has 136 valence electrons. The van der Waals surface area contributed by atoms with Crippen LogP contribution in [0.25, 0.3) is 0 Å². The zero-order valence-corrected chi connectivity index (χ0v) is 16.6. The molecule has 1 aromatic carbocycles. The lowest BCUT2D eigenvalue weighted by Crippen LogP contribution is -2.46. The average molecular weight is 436 g/mol. The van der Waals surface area contributed by atoms with Gasteiger partial charge < -0.3 is 10.2 Å². The molecular formula is C19H20BrClN4O. The number of nitrogens with zero attached hydrogens (tertiary/aromatic N) is 3. The van der Waals surface area contributed by atoms with E-state index < -0.39 is 0 Å². The third kappa shape index (κ3) is 4.44. The minimum Gasteiger partial charge on any atom is -0.366 e. The molecule has 3 rings (SSSR count). The number of halogens is 2. The van der Waals surface area contributed by atoms with Gasteiger partial charge in [0.05, 0.1) is 16.4 Å². The maximum absolute atomic E-state index is 12.6. The van der Waals surface area contributed by atoms with Gasteiger partial charge in [0.2, 0.25) is 0 Å². The van der Waals surface area contributed by atoms with E-state index in [0.29, 0.717) is 16.4 Å². The summed E-state index contributed by atoms with van der Waals surface area (Å²) in [5.41, 5.74) is 1.90. The average Bonchev–Trinajstić information content (AvgIpc) is 2.63. The Labute approximate surface area is 166 Å². The molecule has 0 bridgehead atoms. The second-order valence-electron chi connectivity index (χ2n) is 6.03. The summed E-state index contributed by atoms with van der Waals surface area (Å²) in [4.78, 5) is 21.3. The molecule has 1 saturated heterocycles. The first kappa shape index (κ1) is 18.9. The summed E-state index contributed by atoms with van der Waals surface area (Å²) in [6.45, 7) is 8.22. The van der Waals surface area contributed by atoms with E-state index in [2.05, 4.69) is 42.6 Å². The quantitative estimate of drug-likeness (QED) is 0.720. The molecule has 0 unspecified atom stereocenters. The number of hydrogen-bond acceptors (Lipinski definition) is 4. The van der Waals surface area contributed by atoms with E-state index in [1.54, 1.807) is 18.3 Å². The zero-order valence-electron chi connectivity index (χ0n) is 14.3. The SMILES string of the molecule is C=CCN1CCN(c2c(Cl)cccc2NC(=O)c2cc(Br)ccn2)CC1. The summed E-state index contributed by atoms with van der Waals surface area (Å²) in [6.07, 6.45) is 3.51. The van der Waals surface area contributed by atoms with Crippen molar-refractivity contribution in [3.05, 3.63) is 64.4 Å². The minimum atomic E-state index is -0.264. The highest BCUT2D eigenvalue weighted by Crippen LogP contribution is 2.34. The second-order valence-corrected chi connectivity index (χ2v) is 7.35. The monoisotopic (exact) mass is 434 g/mol. The molecular weight excluding hydrogens is 416 g/mol. The van der Waals surface area contributed by atoms with Crippen molar-refractivity contribution in [3.63, 3.8) is 0 Å². The molecule has 2 aromatic rings. The molecule has 1 aliphatic rings. The van der Waals surface area contributed by atoms with Crippen LogP contribution in [0.15, 0.2) is 53.7 Å². The normalized spacial score (nSPS) is 14.9. The van der Waals surface area contributed by atoms with Gasteiger partial charge in [-0.1, -0.05) is 39.7 Å². The summed E-state index contributed by atoms with van der Waals surface area (Å²) in [6, 6.07) is 9.02. The van der Waals surface area contributed by atoms with Crippen molar-refractivity contribution in [2.24, 2.45) is 0 Å². The third-order valence-corrected chi connectivity index (χ3v) is 5.06. The van der Waals surface area contributed by atoms with Crippen LogP contribution in [0.5, 0.6) is 0 Å². The lowest BCUT2D eigenvalue weighted by Gasteiger charge is -2.36. The van der Waals surface area contributed by atoms with Gasteiger partial charge in [-0.05, 0) is 24.3 Å². The Bertz CT molecular complexity index is 806. The number of carbonyl (C=O) groups is 1. The number of hydrogen-bond donors (Lipinski definition) is 1. The molecule has 0 radical (unpaired) electrons. The Hall–Kier alpha value is -1.89. The molecule has 1 fully saturated rings. The highest BCUT2D eigenvalue weighted by Gasteiger charge is 2.22. The number of anilines is 2. The maximum Gasteiger partial charge on any atom is 0.274 e. The van der Waals surface area contributed by atoms with Crippen LogP contribution in [0.4, 0.5) is 11.4 Å². The van der Waals surface area contributed by atoms with Crippen LogP contribution in [0, 0.1) is 0 Å². The van der Waals surface area contributed by atoms with Gasteiger partial charge in [0.15, 0.2) is 0 Å². The van der Waals surface area contributed by atoms with E-state index in [1.165, 1.54) is 0 Å². The van der Waals surface area contributed by atoms with Crippen LogP contribution >= 0.6 is 27.5 Å². The number of para-hydroxylation sites is 1. The molecule has 2 heterocycles. The van der Waals surface area contributed by atoms with Crippen molar-refractivity contribution in [2.45, 2.75) is 0 Å². The van der Waals surface area contributed by atoms with Crippen LogP contribution in [0.2, 0.25) is 5.02 Å². The van der Waals surface area contributed by atoms with Crippen molar-refractivity contribution in [1.29, 1.82) is 0 Å². The van der Waals surface area contributed by atoms with Crippen molar-refractivity contribution in [1.82, 2.24) is 9.88 Å². The standard InChI is InChI=1S/C19H20BrClN4O/c1-2-8-24-9-11-25(12-10-24)18-15(21)4-3-5-16(18)23-19(26)17-13-14(20)6-7-22-17/h2-7,13H,1,8-12H2,(H,23,26). The van der Waals surface area contributed by atoms with Crippen molar-refractivity contribution >= 4 is 44.8 Å². The fourth-order valence-electron chi connectivity index (χ4n) is 2.99. The first-order chi connectivity index (χ1) is 12.6. The maximum atomic E-state index is 12.6. The predicted octanol–water partition coefficient (Wildman–Crippen LogP) is 4.06. The molecule has 7 heteroatoms. The lowest BCUT2D eigenvalue weighted by molar-refractivity contribution is 0.102. The van der Waals surface area contributed by atoms with Gasteiger partial charge >= 0.3 is 0 Å². The molecule has 0 atom stereocenters. The molecule has 26 heavy (non-hydrogen) atoms. The molecule has 1 N–H and O–H groups in total. The van der Waals surface area contributed by atoms with Crippen molar-refractivity contribution in [3.8, 4) is 0 Å². The number of nitrogens with one attached hydrogen (secondary N) is 1. The van der Waals surface area contributed by atoms with Crippen LogP contribution in [0.1, 0.15) is 10.5 Å². The largest absolute Gasteiger partial charge is 0.366 e. The molecule has 0 spiro atoms. The van der Waals surface area contributed by atoms with E-state index in [4.69, 9.17) is 11.6 Å². The Kier molecular flexibility index (Phi) is 6.29. The van der Waals surface area contributed by atoms with E-state index in [-0.39, 0.29) is 5.91 Å². The smallest absolute Gasteiger partial charge is 0.274 e. The first-order valence-electron chi connectivity index (χ1n) is 8.38. The third-order valence-electron chi connectivity index (χ3n) is 4.27. The Morgan fingerprint density at radius 1 is 1.31 bits per heavy atom. The number of carbonyl (C=O) groups excluding carboxylic acids is 1. The van der Waals surface area contributed by atoms with Gasteiger partial charge in [-0.2, -0.15) is 0 Å². The Morgan fingerprint density at radius 2 is 2.08 bits per heavy atom. The van der Waals surface area contributed by atoms with E-state index in [1.807, 2.05) is 24.3 Å². The van der Waals surface area contributed by atoms with Crippen molar-refractivity contribution < 1.29 is 4.79 Å². The number of rotatable bonds is 5. The van der Waals surface area contributed by atoms with Crippen LogP contribution in [-0.2, 0) is 0 Å². The molecule has 1 aromatic heterocycles. The molecule has 0 aliphatic carbocycles. The van der Waals surface area contributed by atoms with E-state index >= 15 is 0 Å². The number of amides is 1.